The lowest BCUT2D eigenvalue weighted by atomic mass is 9.43. The van der Waals surface area contributed by atoms with Gasteiger partial charge in [0.2, 0.25) is 5.54 Å². The third-order valence-electron chi connectivity index (χ3n) is 14.9. The van der Waals surface area contributed by atoms with Crippen molar-refractivity contribution in [1.82, 2.24) is 5.32 Å². The van der Waals surface area contributed by atoms with Crippen LogP contribution in [0.1, 0.15) is 95.3 Å². The summed E-state index contributed by atoms with van der Waals surface area (Å²) < 4.78 is 88.2. The molecule has 4 aliphatic carbocycles. The first-order valence-electron chi connectivity index (χ1n) is 19.8. The van der Waals surface area contributed by atoms with E-state index in [9.17, 15) is 56.7 Å². The second kappa shape index (κ2) is 16.8. The summed E-state index contributed by atoms with van der Waals surface area (Å²) in [5.41, 5.74) is -4.77. The van der Waals surface area contributed by atoms with Gasteiger partial charge >= 0.3 is 29.7 Å². The van der Waals surface area contributed by atoms with Crippen LogP contribution in [-0.4, -0.2) is 96.9 Å². The molecule has 1 aromatic rings. The Kier molecular flexibility index (Phi) is 13.2. The van der Waals surface area contributed by atoms with Gasteiger partial charge in [0.05, 0.1) is 23.2 Å². The standard InChI is InChI=1S/C40H55F5N2O11/c1-21(25-10-11-26-32-27(19-31(57-6)37(25,26)3)36(2)15-13-24(55-4)17-23(36)18-30(32)56-5)8-7-14-38(34(49)50,35(51)52)46-33(48)22-9-12-28(47(53)54)29(16-22)58-20-39(41,42)40(43,44)45/h9,12,16,21,23-27,30-32H,7-8,10-11,13-15,17-20H2,1-6H3,(H,46,48)(H,49,50)(H,51,52)/t21-,23+,24-,25-,26+,27+,30-,31+,32+,36+,37-/m1/s1. The van der Waals surface area contributed by atoms with Crippen molar-refractivity contribution in [3.05, 3.63) is 33.9 Å². The van der Waals surface area contributed by atoms with Crippen molar-refractivity contribution in [1.29, 1.82) is 0 Å². The first kappa shape index (κ1) is 45.4. The minimum absolute atomic E-state index is 0.0190. The number of hydrogen-bond acceptors (Lipinski definition) is 9. The molecule has 58 heavy (non-hydrogen) atoms. The minimum Gasteiger partial charge on any atom is -0.480 e. The summed E-state index contributed by atoms with van der Waals surface area (Å²) in [5.74, 6) is -10.2. The fourth-order valence-corrected chi connectivity index (χ4v) is 11.7. The highest BCUT2D eigenvalue weighted by Gasteiger charge is 2.66. The lowest BCUT2D eigenvalue weighted by molar-refractivity contribution is -0.386. The van der Waals surface area contributed by atoms with Crippen LogP contribution in [0.15, 0.2) is 18.2 Å². The van der Waals surface area contributed by atoms with Crippen molar-refractivity contribution in [2.75, 3.05) is 27.9 Å². The lowest BCUT2D eigenvalue weighted by Crippen LogP contribution is -2.63. The third-order valence-corrected chi connectivity index (χ3v) is 14.9. The Balaban J connectivity index is 1.32. The average molecular weight is 835 g/mol. The zero-order valence-corrected chi connectivity index (χ0v) is 33.6. The van der Waals surface area contributed by atoms with Crippen molar-refractivity contribution in [3.63, 3.8) is 0 Å². The van der Waals surface area contributed by atoms with Gasteiger partial charge in [-0.3, -0.25) is 14.9 Å². The number of hydrogen-bond donors (Lipinski definition) is 3. The van der Waals surface area contributed by atoms with E-state index in [0.29, 0.717) is 36.3 Å². The van der Waals surface area contributed by atoms with Crippen LogP contribution in [0, 0.1) is 56.5 Å². The molecule has 0 heterocycles. The van der Waals surface area contributed by atoms with E-state index < -0.39 is 70.4 Å². The summed E-state index contributed by atoms with van der Waals surface area (Å²) in [5, 5.41) is 33.8. The second-order valence-corrected chi connectivity index (χ2v) is 17.4. The molecule has 0 aromatic heterocycles. The molecule has 0 aliphatic heterocycles. The van der Waals surface area contributed by atoms with Gasteiger partial charge in [0.15, 0.2) is 12.4 Å². The number of ether oxygens (including phenoxy) is 4. The Bertz CT molecular complexity index is 1700. The van der Waals surface area contributed by atoms with E-state index in [2.05, 4.69) is 25.5 Å². The Morgan fingerprint density at radius 2 is 1.64 bits per heavy atom. The quantitative estimate of drug-likeness (QED) is 0.0647. The highest BCUT2D eigenvalue weighted by Crippen LogP contribution is 2.69. The fourth-order valence-electron chi connectivity index (χ4n) is 11.7. The van der Waals surface area contributed by atoms with Crippen LogP contribution in [0.25, 0.3) is 0 Å². The predicted molar refractivity (Wildman–Crippen MR) is 196 cm³/mol. The number of carbonyl (C=O) groups is 3. The van der Waals surface area contributed by atoms with Gasteiger partial charge in [-0.25, -0.2) is 9.59 Å². The maximum atomic E-state index is 13.6. The monoisotopic (exact) mass is 834 g/mol. The molecule has 1 aromatic carbocycles. The maximum absolute atomic E-state index is 13.6. The van der Waals surface area contributed by atoms with Crippen LogP contribution in [0.5, 0.6) is 5.75 Å². The van der Waals surface area contributed by atoms with Gasteiger partial charge in [0.25, 0.3) is 5.91 Å². The lowest BCUT2D eigenvalue weighted by Gasteiger charge is -2.64. The van der Waals surface area contributed by atoms with E-state index in [1.165, 1.54) is 0 Å². The van der Waals surface area contributed by atoms with Gasteiger partial charge in [-0.05, 0) is 105 Å². The number of halogens is 5. The van der Waals surface area contributed by atoms with Crippen LogP contribution < -0.4 is 10.1 Å². The average Bonchev–Trinajstić information content (AvgIpc) is 3.52. The fraction of sp³-hybridized carbons (Fsp3) is 0.775. The summed E-state index contributed by atoms with van der Waals surface area (Å²) in [7, 11) is 5.32. The van der Waals surface area contributed by atoms with Crippen molar-refractivity contribution >= 4 is 23.5 Å². The molecule has 13 nitrogen and oxygen atoms in total. The Labute approximate surface area is 333 Å². The molecule has 0 radical (unpaired) electrons. The number of alkyl halides is 5. The zero-order chi connectivity index (χ0) is 43.2. The van der Waals surface area contributed by atoms with E-state index in [1.807, 2.05) is 5.32 Å². The Morgan fingerprint density at radius 3 is 2.21 bits per heavy atom. The van der Waals surface area contributed by atoms with Crippen LogP contribution in [0.3, 0.4) is 0 Å². The number of carbonyl (C=O) groups excluding carboxylic acids is 1. The normalized spacial score (nSPS) is 32.9. The number of nitro benzene ring substituents is 1. The van der Waals surface area contributed by atoms with E-state index in [0.717, 1.165) is 51.0 Å². The highest BCUT2D eigenvalue weighted by molar-refractivity contribution is 6.09. The van der Waals surface area contributed by atoms with E-state index in [1.54, 1.807) is 21.3 Å². The largest absolute Gasteiger partial charge is 0.480 e. The summed E-state index contributed by atoms with van der Waals surface area (Å²) >= 11 is 0. The molecule has 4 saturated carbocycles. The van der Waals surface area contributed by atoms with E-state index >= 15 is 0 Å². The molecule has 0 bridgehead atoms. The number of methoxy groups -OCH3 is 3. The van der Waals surface area contributed by atoms with E-state index in [-0.39, 0.29) is 53.3 Å². The Morgan fingerprint density at radius 1 is 0.966 bits per heavy atom. The number of amides is 1. The molecule has 1 amide bonds. The summed E-state index contributed by atoms with van der Waals surface area (Å²) in [6, 6.07) is 1.83. The molecule has 18 heteroatoms. The van der Waals surface area contributed by atoms with Gasteiger partial charge in [-0.15, -0.1) is 0 Å². The van der Waals surface area contributed by atoms with Gasteiger partial charge < -0.3 is 34.5 Å². The number of benzene rings is 1. The number of rotatable bonds is 16. The summed E-state index contributed by atoms with van der Waals surface area (Å²) in [6.45, 7) is 4.41. The third kappa shape index (κ3) is 8.00. The van der Waals surface area contributed by atoms with Crippen LogP contribution >= 0.6 is 0 Å². The summed E-state index contributed by atoms with van der Waals surface area (Å²) in [4.78, 5) is 48.9. The van der Waals surface area contributed by atoms with Crippen molar-refractivity contribution in [2.45, 2.75) is 121 Å². The molecule has 0 spiro atoms. The second-order valence-electron chi connectivity index (χ2n) is 17.4. The number of nitrogens with one attached hydrogen (secondary N) is 1. The molecular formula is C40H55F5N2O11. The summed E-state index contributed by atoms with van der Waals surface area (Å²) in [6.07, 6.45) is 0.806. The van der Waals surface area contributed by atoms with Crippen molar-refractivity contribution < 1.29 is 70.4 Å². The first-order chi connectivity index (χ1) is 27.0. The van der Waals surface area contributed by atoms with Gasteiger partial charge in [0.1, 0.15) is 0 Å². The molecule has 4 fully saturated rings. The number of fused-ring (bicyclic) bond motifs is 5. The topological polar surface area (TPSA) is 184 Å². The van der Waals surface area contributed by atoms with Gasteiger partial charge in [0, 0.05) is 44.4 Å². The molecule has 0 unspecified atom stereocenters. The molecule has 3 N–H and O–H groups in total. The predicted octanol–water partition coefficient (Wildman–Crippen LogP) is 7.54. The van der Waals surface area contributed by atoms with Crippen LogP contribution in [-0.2, 0) is 23.8 Å². The SMILES string of the molecule is CO[C@@H]1CC[C@@]2(C)[C@@H](C1)C[C@@H](OC)[C@@H]1[C@@H]2C[C@H](OC)[C@]2(C)[C@@H]([C@H](C)CCCC(NC(=O)c3ccc([N+](=O)[O-])c(OCC(F)(F)C(F)(F)F)c3)(C(=O)O)C(=O)O)CC[C@@H]12. The van der Waals surface area contributed by atoms with Gasteiger partial charge in [-0.2, -0.15) is 22.0 Å². The first-order valence-corrected chi connectivity index (χ1v) is 19.8. The molecular weight excluding hydrogens is 779 g/mol. The molecule has 11 atom stereocenters. The number of nitro groups is 1. The smallest absolute Gasteiger partial charge is 0.456 e. The molecule has 5 rings (SSSR count). The molecule has 4 aliphatic rings. The zero-order valence-electron chi connectivity index (χ0n) is 33.6. The maximum Gasteiger partial charge on any atom is 0.456 e. The van der Waals surface area contributed by atoms with Gasteiger partial charge in [-0.1, -0.05) is 27.2 Å². The number of carboxylic acids is 2. The number of aliphatic carboxylic acids is 2. The number of carboxylic acid groups (broad SMARTS) is 2. The van der Waals surface area contributed by atoms with Crippen LogP contribution in [0.4, 0.5) is 27.6 Å². The van der Waals surface area contributed by atoms with Crippen LogP contribution in [0.2, 0.25) is 0 Å². The van der Waals surface area contributed by atoms with Crippen molar-refractivity contribution in [2.24, 2.45) is 46.3 Å². The molecule has 0 saturated heterocycles. The minimum atomic E-state index is -6.05. The van der Waals surface area contributed by atoms with E-state index in [4.69, 9.17) is 14.2 Å². The van der Waals surface area contributed by atoms with Crippen molar-refractivity contribution in [3.8, 4) is 5.75 Å². The Hall–Kier alpha value is -3.64. The molecule has 326 valence electrons. The number of nitrogens with zero attached hydrogens (tertiary/aromatic N) is 1. The highest BCUT2D eigenvalue weighted by atomic mass is 19.4.